The van der Waals surface area contributed by atoms with Gasteiger partial charge in [0.1, 0.15) is 5.75 Å². The number of aryl methyl sites for hydroxylation is 1. The Labute approximate surface area is 176 Å². The molecule has 3 aromatic carbocycles. The summed E-state index contributed by atoms with van der Waals surface area (Å²) in [5.74, 6) is -1.55. The molecule has 0 atom stereocenters. The van der Waals surface area contributed by atoms with Crippen molar-refractivity contribution in [3.8, 4) is 16.9 Å². The minimum Gasteiger partial charge on any atom is -0.496 e. The largest absolute Gasteiger partial charge is 0.496 e. The highest BCUT2D eigenvalue weighted by molar-refractivity contribution is 7.92. The molecule has 0 radical (unpaired) electrons. The molecule has 0 bridgehead atoms. The zero-order chi connectivity index (χ0) is 21.7. The second-order valence-corrected chi connectivity index (χ2v) is 8.86. The number of carboxylic acid groups (broad SMARTS) is 1. The quantitative estimate of drug-likeness (QED) is 0.563. The molecular weight excluding hydrogens is 402 g/mol. The van der Waals surface area contributed by atoms with Crippen LogP contribution in [-0.4, -0.2) is 32.4 Å². The number of aliphatic carboxylic acids is 1. The number of sulfone groups is 1. The average molecular weight is 426 g/mol. The number of rotatable bonds is 8. The molecular formula is C23H23NO5S. The van der Waals surface area contributed by atoms with Crippen LogP contribution in [0.4, 0.5) is 5.69 Å². The van der Waals surface area contributed by atoms with E-state index in [-0.39, 0.29) is 4.90 Å². The van der Waals surface area contributed by atoms with Gasteiger partial charge in [0, 0.05) is 17.8 Å². The van der Waals surface area contributed by atoms with Crippen LogP contribution in [0.1, 0.15) is 11.1 Å². The molecule has 3 aromatic rings. The number of carboxylic acids is 1. The molecule has 3 rings (SSSR count). The number of carbonyl (C=O) groups is 1. The number of hydrogen-bond acceptors (Lipinski definition) is 5. The molecule has 0 heterocycles. The SMILES string of the molecule is COc1ccc(-c2ccccc2C)cc1CNc1ccc(S(=O)(=O)CC(=O)O)cc1. The third-order valence-corrected chi connectivity index (χ3v) is 6.36. The Morgan fingerprint density at radius 3 is 2.37 bits per heavy atom. The van der Waals surface area contributed by atoms with Crippen LogP contribution in [0.3, 0.4) is 0 Å². The van der Waals surface area contributed by atoms with Gasteiger partial charge < -0.3 is 15.2 Å². The van der Waals surface area contributed by atoms with Crippen molar-refractivity contribution in [2.75, 3.05) is 18.2 Å². The molecule has 0 saturated heterocycles. The van der Waals surface area contributed by atoms with E-state index in [1.165, 1.54) is 17.7 Å². The molecule has 0 aliphatic carbocycles. The van der Waals surface area contributed by atoms with Crippen LogP contribution < -0.4 is 10.1 Å². The Balaban J connectivity index is 1.79. The number of ether oxygens (including phenoxy) is 1. The van der Waals surface area contributed by atoms with Gasteiger partial charge in [-0.1, -0.05) is 30.3 Å². The normalized spacial score (nSPS) is 11.1. The first-order valence-corrected chi connectivity index (χ1v) is 11.0. The number of methoxy groups -OCH3 is 1. The first-order valence-electron chi connectivity index (χ1n) is 9.31. The zero-order valence-electron chi connectivity index (χ0n) is 16.8. The first-order chi connectivity index (χ1) is 14.3. The van der Waals surface area contributed by atoms with Gasteiger partial charge in [-0.25, -0.2) is 8.42 Å². The van der Waals surface area contributed by atoms with E-state index in [4.69, 9.17) is 9.84 Å². The van der Waals surface area contributed by atoms with E-state index in [0.717, 1.165) is 22.4 Å². The third-order valence-electron chi connectivity index (χ3n) is 4.75. The summed E-state index contributed by atoms with van der Waals surface area (Å²) in [5.41, 5.74) is 5.09. The molecule has 2 N–H and O–H groups in total. The topological polar surface area (TPSA) is 92.7 Å². The number of hydrogen-bond donors (Lipinski definition) is 2. The average Bonchev–Trinajstić information content (AvgIpc) is 2.72. The molecule has 0 aromatic heterocycles. The van der Waals surface area contributed by atoms with E-state index in [0.29, 0.717) is 12.2 Å². The Hall–Kier alpha value is -3.32. The van der Waals surface area contributed by atoms with Crippen LogP contribution in [0.5, 0.6) is 5.75 Å². The smallest absolute Gasteiger partial charge is 0.319 e. The lowest BCUT2D eigenvalue weighted by Crippen LogP contribution is -2.15. The highest BCUT2D eigenvalue weighted by Crippen LogP contribution is 2.29. The molecule has 7 heteroatoms. The van der Waals surface area contributed by atoms with Gasteiger partial charge in [0.2, 0.25) is 0 Å². The standard InChI is InChI=1S/C23H23NO5S/c1-16-5-3-4-6-21(16)17-7-12-22(29-2)18(13-17)14-24-19-8-10-20(11-9-19)30(27,28)15-23(25)26/h3-13,24H,14-15H2,1-2H3,(H,25,26). The van der Waals surface area contributed by atoms with E-state index >= 15 is 0 Å². The van der Waals surface area contributed by atoms with E-state index in [2.05, 4.69) is 30.4 Å². The van der Waals surface area contributed by atoms with Crippen molar-refractivity contribution < 1.29 is 23.1 Å². The van der Waals surface area contributed by atoms with Crippen molar-refractivity contribution in [1.82, 2.24) is 0 Å². The van der Waals surface area contributed by atoms with E-state index in [1.54, 1.807) is 19.2 Å². The lowest BCUT2D eigenvalue weighted by Gasteiger charge is -2.14. The van der Waals surface area contributed by atoms with Gasteiger partial charge in [-0.3, -0.25) is 4.79 Å². The predicted molar refractivity (Wildman–Crippen MR) is 117 cm³/mol. The Morgan fingerprint density at radius 1 is 1.03 bits per heavy atom. The minimum absolute atomic E-state index is 0.0189. The fourth-order valence-corrected chi connectivity index (χ4v) is 4.25. The van der Waals surface area contributed by atoms with Gasteiger partial charge >= 0.3 is 5.97 Å². The summed E-state index contributed by atoms with van der Waals surface area (Å²) in [7, 11) is -2.22. The van der Waals surface area contributed by atoms with Gasteiger partial charge in [0.05, 0.1) is 12.0 Å². The molecule has 156 valence electrons. The lowest BCUT2D eigenvalue weighted by molar-refractivity contribution is -0.134. The van der Waals surface area contributed by atoms with Crippen molar-refractivity contribution in [3.05, 3.63) is 77.9 Å². The summed E-state index contributed by atoms with van der Waals surface area (Å²) < 4.78 is 29.5. The molecule has 30 heavy (non-hydrogen) atoms. The molecule has 6 nitrogen and oxygen atoms in total. The second kappa shape index (κ2) is 9.00. The van der Waals surface area contributed by atoms with Crippen molar-refractivity contribution in [1.29, 1.82) is 0 Å². The van der Waals surface area contributed by atoms with Crippen LogP contribution in [0, 0.1) is 6.92 Å². The number of nitrogens with one attached hydrogen (secondary N) is 1. The fraction of sp³-hybridized carbons (Fsp3) is 0.174. The maximum Gasteiger partial charge on any atom is 0.319 e. The molecule has 0 aliphatic heterocycles. The summed E-state index contributed by atoms with van der Waals surface area (Å²) in [4.78, 5) is 10.7. The molecule has 0 spiro atoms. The summed E-state index contributed by atoms with van der Waals surface area (Å²) in [5, 5.41) is 12.0. The lowest BCUT2D eigenvalue weighted by atomic mass is 9.98. The van der Waals surface area contributed by atoms with E-state index < -0.39 is 21.6 Å². The van der Waals surface area contributed by atoms with Crippen LogP contribution in [-0.2, 0) is 21.2 Å². The van der Waals surface area contributed by atoms with Crippen molar-refractivity contribution in [2.45, 2.75) is 18.4 Å². The Bertz CT molecular complexity index is 1150. The van der Waals surface area contributed by atoms with Gasteiger partial charge in [-0.15, -0.1) is 0 Å². The summed E-state index contributed by atoms with van der Waals surface area (Å²) in [6, 6.07) is 20.2. The maximum atomic E-state index is 12.0. The van der Waals surface area contributed by atoms with Crippen molar-refractivity contribution >= 4 is 21.5 Å². The van der Waals surface area contributed by atoms with E-state index in [9.17, 15) is 13.2 Å². The summed E-state index contributed by atoms with van der Waals surface area (Å²) >= 11 is 0. The molecule has 0 fully saturated rings. The first kappa shape index (κ1) is 21.4. The van der Waals surface area contributed by atoms with E-state index in [1.807, 2.05) is 24.3 Å². The highest BCUT2D eigenvalue weighted by atomic mass is 32.2. The monoisotopic (exact) mass is 425 g/mol. The highest BCUT2D eigenvalue weighted by Gasteiger charge is 2.18. The molecule has 0 amide bonds. The van der Waals surface area contributed by atoms with Gasteiger partial charge in [-0.2, -0.15) is 0 Å². The minimum atomic E-state index is -3.84. The molecule has 0 saturated carbocycles. The Morgan fingerprint density at radius 2 is 1.73 bits per heavy atom. The number of benzene rings is 3. The van der Waals surface area contributed by atoms with Crippen molar-refractivity contribution in [2.24, 2.45) is 0 Å². The summed E-state index contributed by atoms with van der Waals surface area (Å²) in [6.07, 6.45) is 0. The fourth-order valence-electron chi connectivity index (χ4n) is 3.20. The van der Waals surface area contributed by atoms with Crippen molar-refractivity contribution in [3.63, 3.8) is 0 Å². The molecule has 0 unspecified atom stereocenters. The van der Waals surface area contributed by atoms with Gasteiger partial charge in [0.15, 0.2) is 15.6 Å². The Kier molecular flexibility index (Phi) is 6.42. The van der Waals surface area contributed by atoms with Gasteiger partial charge in [-0.05, 0) is 60.0 Å². The molecule has 0 aliphatic rings. The van der Waals surface area contributed by atoms with Crippen LogP contribution in [0.2, 0.25) is 0 Å². The van der Waals surface area contributed by atoms with Crippen LogP contribution >= 0.6 is 0 Å². The number of anilines is 1. The third kappa shape index (κ3) is 4.99. The maximum absolute atomic E-state index is 12.0. The van der Waals surface area contributed by atoms with Crippen LogP contribution in [0.15, 0.2) is 71.6 Å². The second-order valence-electron chi connectivity index (χ2n) is 6.87. The summed E-state index contributed by atoms with van der Waals surface area (Å²) in [6.45, 7) is 2.54. The van der Waals surface area contributed by atoms with Crippen LogP contribution in [0.25, 0.3) is 11.1 Å². The zero-order valence-corrected chi connectivity index (χ0v) is 17.6. The van der Waals surface area contributed by atoms with Gasteiger partial charge in [0.25, 0.3) is 0 Å². The predicted octanol–water partition coefficient (Wildman–Crippen LogP) is 4.14.